The molecule has 4 N–H and O–H groups in total. The molecule has 4 nitrogen and oxygen atoms in total. The zero-order valence-corrected chi connectivity index (χ0v) is 11.8. The first kappa shape index (κ1) is 13.9. The lowest BCUT2D eigenvalue weighted by Crippen LogP contribution is -2.22. The minimum atomic E-state index is -0.413. The van der Waals surface area contributed by atoms with E-state index in [-0.39, 0.29) is 0 Å². The Labute approximate surface area is 119 Å². The monoisotopic (exact) mass is 269 g/mol. The summed E-state index contributed by atoms with van der Waals surface area (Å²) in [7, 11) is 1.94. The van der Waals surface area contributed by atoms with E-state index in [0.29, 0.717) is 12.1 Å². The largest absolute Gasteiger partial charge is 0.399 e. The summed E-state index contributed by atoms with van der Waals surface area (Å²) in [6, 6.07) is 13.3. The van der Waals surface area contributed by atoms with Gasteiger partial charge in [0.05, 0.1) is 5.56 Å². The van der Waals surface area contributed by atoms with Gasteiger partial charge in [0.25, 0.3) is 5.91 Å². The zero-order chi connectivity index (χ0) is 14.7. The average molecular weight is 269 g/mol. The summed E-state index contributed by atoms with van der Waals surface area (Å²) in [4.78, 5) is 13.5. The number of aryl methyl sites for hydroxylation is 1. The Hall–Kier alpha value is -2.49. The van der Waals surface area contributed by atoms with Crippen molar-refractivity contribution in [2.45, 2.75) is 13.5 Å². The highest BCUT2D eigenvalue weighted by Gasteiger charge is 2.12. The predicted octanol–water partition coefficient (Wildman–Crippen LogP) is 2.31. The molecule has 2 aromatic rings. The number of carbonyl (C=O) groups excluding carboxylic acids is 1. The first-order chi connectivity index (χ1) is 9.47. The Morgan fingerprint density at radius 3 is 2.40 bits per heavy atom. The van der Waals surface area contributed by atoms with E-state index in [4.69, 9.17) is 11.5 Å². The molecule has 4 heteroatoms. The number of nitrogens with two attached hydrogens (primary N) is 2. The van der Waals surface area contributed by atoms with Crippen molar-refractivity contribution in [3.05, 3.63) is 59.2 Å². The molecule has 0 spiro atoms. The van der Waals surface area contributed by atoms with Crippen LogP contribution in [0.15, 0.2) is 42.5 Å². The number of carbonyl (C=O) groups is 1. The second-order valence-corrected chi connectivity index (χ2v) is 4.98. The van der Waals surface area contributed by atoms with Gasteiger partial charge in [0, 0.05) is 25.0 Å². The molecule has 2 rings (SSSR count). The third-order valence-electron chi connectivity index (χ3n) is 3.23. The van der Waals surface area contributed by atoms with Crippen LogP contribution in [-0.2, 0) is 6.54 Å². The molecule has 2 aromatic carbocycles. The first-order valence-electron chi connectivity index (χ1n) is 6.43. The summed E-state index contributed by atoms with van der Waals surface area (Å²) in [5.74, 6) is -0.413. The van der Waals surface area contributed by atoms with Crippen LogP contribution in [0.25, 0.3) is 0 Å². The molecule has 0 atom stereocenters. The molecule has 0 heterocycles. The van der Waals surface area contributed by atoms with Gasteiger partial charge in [0.2, 0.25) is 0 Å². The molecular weight excluding hydrogens is 250 g/mol. The molecule has 0 bridgehead atoms. The number of hydrogen-bond acceptors (Lipinski definition) is 3. The van der Waals surface area contributed by atoms with Crippen LogP contribution in [-0.4, -0.2) is 13.0 Å². The van der Waals surface area contributed by atoms with Crippen molar-refractivity contribution in [1.82, 2.24) is 0 Å². The van der Waals surface area contributed by atoms with Gasteiger partial charge >= 0.3 is 0 Å². The van der Waals surface area contributed by atoms with E-state index in [1.165, 1.54) is 0 Å². The Bertz CT molecular complexity index is 620. The minimum absolute atomic E-state index is 0.413. The maximum atomic E-state index is 11.5. The Morgan fingerprint density at radius 1 is 1.15 bits per heavy atom. The SMILES string of the molecule is Cc1ccc(C(N)=O)c(N(C)Cc2ccc(N)cc2)c1. The van der Waals surface area contributed by atoms with Crippen LogP contribution < -0.4 is 16.4 Å². The Kier molecular flexibility index (Phi) is 3.94. The first-order valence-corrected chi connectivity index (χ1v) is 6.43. The fraction of sp³-hybridized carbons (Fsp3) is 0.188. The lowest BCUT2D eigenvalue weighted by Gasteiger charge is -2.22. The van der Waals surface area contributed by atoms with Crippen LogP contribution in [0.3, 0.4) is 0 Å². The highest BCUT2D eigenvalue weighted by Crippen LogP contribution is 2.22. The molecule has 0 fully saturated rings. The van der Waals surface area contributed by atoms with Crippen LogP contribution >= 0.6 is 0 Å². The fourth-order valence-corrected chi connectivity index (χ4v) is 2.15. The van der Waals surface area contributed by atoms with Gasteiger partial charge in [-0.05, 0) is 42.3 Å². The third-order valence-corrected chi connectivity index (χ3v) is 3.23. The summed E-state index contributed by atoms with van der Waals surface area (Å²) in [6.45, 7) is 2.68. The van der Waals surface area contributed by atoms with Crippen molar-refractivity contribution in [2.24, 2.45) is 5.73 Å². The van der Waals surface area contributed by atoms with Crippen molar-refractivity contribution in [2.75, 3.05) is 17.7 Å². The highest BCUT2D eigenvalue weighted by molar-refractivity contribution is 5.98. The molecule has 0 aliphatic heterocycles. The zero-order valence-electron chi connectivity index (χ0n) is 11.8. The van der Waals surface area contributed by atoms with E-state index in [9.17, 15) is 4.79 Å². The fourth-order valence-electron chi connectivity index (χ4n) is 2.15. The lowest BCUT2D eigenvalue weighted by molar-refractivity contribution is 0.100. The summed E-state index contributed by atoms with van der Waals surface area (Å²) < 4.78 is 0. The van der Waals surface area contributed by atoms with Crippen LogP contribution in [0.2, 0.25) is 0 Å². The number of nitrogen functional groups attached to an aromatic ring is 1. The molecule has 0 aliphatic rings. The van der Waals surface area contributed by atoms with E-state index in [1.54, 1.807) is 6.07 Å². The number of anilines is 2. The molecule has 0 radical (unpaired) electrons. The van der Waals surface area contributed by atoms with Crippen molar-refractivity contribution in [1.29, 1.82) is 0 Å². The van der Waals surface area contributed by atoms with E-state index in [1.807, 2.05) is 55.3 Å². The second kappa shape index (κ2) is 5.65. The number of rotatable bonds is 4. The number of primary amides is 1. The lowest BCUT2D eigenvalue weighted by atomic mass is 10.1. The van der Waals surface area contributed by atoms with Gasteiger partial charge in [-0.1, -0.05) is 18.2 Å². The molecule has 20 heavy (non-hydrogen) atoms. The number of amides is 1. The van der Waals surface area contributed by atoms with Gasteiger partial charge in [-0.25, -0.2) is 0 Å². The maximum absolute atomic E-state index is 11.5. The summed E-state index contributed by atoms with van der Waals surface area (Å²) in [5.41, 5.74) is 15.4. The van der Waals surface area contributed by atoms with Crippen molar-refractivity contribution in [3.8, 4) is 0 Å². The van der Waals surface area contributed by atoms with E-state index in [0.717, 1.165) is 22.5 Å². The van der Waals surface area contributed by atoms with Crippen LogP contribution in [0, 0.1) is 6.92 Å². The maximum Gasteiger partial charge on any atom is 0.250 e. The normalized spacial score (nSPS) is 10.3. The number of benzene rings is 2. The molecule has 0 aliphatic carbocycles. The molecular formula is C16H19N3O. The van der Waals surface area contributed by atoms with Crippen LogP contribution in [0.1, 0.15) is 21.5 Å². The van der Waals surface area contributed by atoms with Gasteiger partial charge in [-0.2, -0.15) is 0 Å². The van der Waals surface area contributed by atoms with E-state index < -0.39 is 5.91 Å². The quantitative estimate of drug-likeness (QED) is 0.837. The molecule has 104 valence electrons. The van der Waals surface area contributed by atoms with E-state index in [2.05, 4.69) is 0 Å². The van der Waals surface area contributed by atoms with Gasteiger partial charge in [0.15, 0.2) is 0 Å². The summed E-state index contributed by atoms with van der Waals surface area (Å²) >= 11 is 0. The smallest absolute Gasteiger partial charge is 0.250 e. The number of nitrogens with zero attached hydrogens (tertiary/aromatic N) is 1. The highest BCUT2D eigenvalue weighted by atomic mass is 16.1. The van der Waals surface area contributed by atoms with Gasteiger partial charge in [0.1, 0.15) is 0 Å². The summed E-state index contributed by atoms with van der Waals surface area (Å²) in [6.07, 6.45) is 0. The van der Waals surface area contributed by atoms with Crippen molar-refractivity contribution in [3.63, 3.8) is 0 Å². The molecule has 1 amide bonds. The number of hydrogen-bond donors (Lipinski definition) is 2. The van der Waals surface area contributed by atoms with Gasteiger partial charge < -0.3 is 16.4 Å². The Morgan fingerprint density at radius 2 is 1.80 bits per heavy atom. The standard InChI is InChI=1S/C16H19N3O/c1-11-3-8-14(16(18)20)15(9-11)19(2)10-12-4-6-13(17)7-5-12/h3-9H,10,17H2,1-2H3,(H2,18,20). The summed E-state index contributed by atoms with van der Waals surface area (Å²) in [5, 5.41) is 0. The second-order valence-electron chi connectivity index (χ2n) is 4.98. The Balaban J connectivity index is 2.28. The van der Waals surface area contributed by atoms with Crippen LogP contribution in [0.5, 0.6) is 0 Å². The minimum Gasteiger partial charge on any atom is -0.399 e. The van der Waals surface area contributed by atoms with Crippen molar-refractivity contribution < 1.29 is 4.79 Å². The average Bonchev–Trinajstić information content (AvgIpc) is 2.41. The molecule has 0 saturated heterocycles. The van der Waals surface area contributed by atoms with Gasteiger partial charge in [-0.15, -0.1) is 0 Å². The molecule has 0 aromatic heterocycles. The van der Waals surface area contributed by atoms with Crippen LogP contribution in [0.4, 0.5) is 11.4 Å². The topological polar surface area (TPSA) is 72.4 Å². The van der Waals surface area contributed by atoms with Crippen molar-refractivity contribution >= 4 is 17.3 Å². The molecule has 0 unspecified atom stereocenters. The predicted molar refractivity (Wildman–Crippen MR) is 82.7 cm³/mol. The van der Waals surface area contributed by atoms with E-state index >= 15 is 0 Å². The van der Waals surface area contributed by atoms with Gasteiger partial charge in [-0.3, -0.25) is 4.79 Å². The third kappa shape index (κ3) is 3.09. The molecule has 0 saturated carbocycles.